The van der Waals surface area contributed by atoms with Gasteiger partial charge in [-0.05, 0) is 61.9 Å². The van der Waals surface area contributed by atoms with E-state index in [2.05, 4.69) is 104 Å². The van der Waals surface area contributed by atoms with Gasteiger partial charge in [0.25, 0.3) is 0 Å². The molecule has 0 fully saturated rings. The molecule has 152 valence electrons. The van der Waals surface area contributed by atoms with Crippen LogP contribution >= 0.6 is 0 Å². The first-order valence-electron chi connectivity index (χ1n) is 10.4. The van der Waals surface area contributed by atoms with E-state index in [-0.39, 0.29) is 10.9 Å². The highest BCUT2D eigenvalue weighted by Gasteiger charge is 2.28. The van der Waals surface area contributed by atoms with Crippen molar-refractivity contribution in [1.82, 2.24) is 4.90 Å². The minimum Gasteiger partial charge on any atom is -0.383 e. The zero-order valence-electron chi connectivity index (χ0n) is 17.8. The normalized spacial score (nSPS) is 12.4. The van der Waals surface area contributed by atoms with Crippen LogP contribution in [0.1, 0.15) is 25.8 Å². The second kappa shape index (κ2) is 11.2. The molecule has 0 aliphatic heterocycles. The quantitative estimate of drug-likeness (QED) is 0.381. The summed E-state index contributed by atoms with van der Waals surface area (Å²) in [4.78, 5) is 6.60. The van der Waals surface area contributed by atoms with Gasteiger partial charge in [0.05, 0.1) is 17.5 Å². The number of nitrogens with zero attached hydrogens (tertiary/aromatic N) is 1. The zero-order valence-corrected chi connectivity index (χ0v) is 18.6. The number of hydrogen-bond donors (Lipinski definition) is 0. The second-order valence-corrected chi connectivity index (χ2v) is 9.38. The van der Waals surface area contributed by atoms with Crippen LogP contribution in [0.15, 0.2) is 99.6 Å². The molecule has 1 atom stereocenters. The number of rotatable bonds is 10. The molecular weight excluding hydrogens is 374 g/mol. The van der Waals surface area contributed by atoms with Gasteiger partial charge in [0.2, 0.25) is 0 Å². The van der Waals surface area contributed by atoms with E-state index in [1.165, 1.54) is 20.2 Å². The Hall–Kier alpha value is -2.07. The minimum absolute atomic E-state index is 0.101. The highest BCUT2D eigenvalue weighted by molar-refractivity contribution is 7.97. The Morgan fingerprint density at radius 1 is 0.828 bits per heavy atom. The summed E-state index contributed by atoms with van der Waals surface area (Å²) in [6.45, 7) is 7.29. The maximum atomic E-state index is 5.41. The summed E-state index contributed by atoms with van der Waals surface area (Å²) in [5.41, 5.74) is 1.36. The molecule has 3 aromatic rings. The predicted molar refractivity (Wildman–Crippen MR) is 124 cm³/mol. The van der Waals surface area contributed by atoms with Crippen molar-refractivity contribution in [2.24, 2.45) is 0 Å². The lowest BCUT2D eigenvalue weighted by atomic mass is 10.1. The van der Waals surface area contributed by atoms with Gasteiger partial charge in [0.1, 0.15) is 0 Å². The van der Waals surface area contributed by atoms with E-state index >= 15 is 0 Å². The van der Waals surface area contributed by atoms with Crippen LogP contribution in [-0.4, -0.2) is 31.2 Å². The first-order chi connectivity index (χ1) is 14.2. The van der Waals surface area contributed by atoms with E-state index in [0.29, 0.717) is 6.04 Å². The summed E-state index contributed by atoms with van der Waals surface area (Å²) >= 11 is 0. The molecule has 0 N–H and O–H groups in total. The van der Waals surface area contributed by atoms with E-state index in [1.54, 1.807) is 7.11 Å². The van der Waals surface area contributed by atoms with Crippen LogP contribution in [0.5, 0.6) is 0 Å². The Morgan fingerprint density at radius 3 is 1.97 bits per heavy atom. The molecule has 0 heterocycles. The lowest BCUT2D eigenvalue weighted by molar-refractivity contribution is 0.0944. The molecule has 0 aliphatic carbocycles. The van der Waals surface area contributed by atoms with Gasteiger partial charge in [-0.3, -0.25) is 4.90 Å². The summed E-state index contributed by atoms with van der Waals surface area (Å²) in [6, 6.07) is 31.2. The average molecular weight is 407 g/mol. The molecule has 0 aliphatic rings. The van der Waals surface area contributed by atoms with Gasteiger partial charge >= 0.3 is 0 Å². The van der Waals surface area contributed by atoms with Gasteiger partial charge in [-0.25, -0.2) is 0 Å². The molecule has 0 aromatic heterocycles. The van der Waals surface area contributed by atoms with Crippen molar-refractivity contribution in [3.63, 3.8) is 0 Å². The summed E-state index contributed by atoms with van der Waals surface area (Å²) in [5, 5.41) is 0. The second-order valence-electron chi connectivity index (χ2n) is 7.35. The molecule has 0 spiro atoms. The van der Waals surface area contributed by atoms with E-state index < -0.39 is 0 Å². The fourth-order valence-corrected chi connectivity index (χ4v) is 5.77. The summed E-state index contributed by atoms with van der Waals surface area (Å²) in [7, 11) is 1.68. The summed E-state index contributed by atoms with van der Waals surface area (Å²) < 4.78 is 5.41. The lowest BCUT2D eigenvalue weighted by Gasteiger charge is -2.28. The maximum absolute atomic E-state index is 5.41. The highest BCUT2D eigenvalue weighted by Crippen LogP contribution is 2.31. The van der Waals surface area contributed by atoms with Gasteiger partial charge in [0, 0.05) is 19.7 Å². The number of ether oxygens (including phenoxy) is 1. The standard InChI is InChI=1S/C26H32NOS/c1-4-18-27(22(2)21-28-3)20-23-12-11-17-26(19-23)29(24-13-7-5-8-14-24)25-15-9-6-10-16-25/h5-17,19,22H,4,18,20-21H2,1-3H3/q+1. The first kappa shape index (κ1) is 21.6. The average Bonchev–Trinajstić information content (AvgIpc) is 2.76. The van der Waals surface area contributed by atoms with Gasteiger partial charge in [-0.2, -0.15) is 0 Å². The number of benzene rings is 3. The molecule has 0 amide bonds. The molecule has 0 saturated carbocycles. The summed E-state index contributed by atoms with van der Waals surface area (Å²) in [6.07, 6.45) is 1.14. The van der Waals surface area contributed by atoms with Crippen LogP contribution in [0, 0.1) is 0 Å². The molecule has 3 rings (SSSR count). The van der Waals surface area contributed by atoms with E-state index in [4.69, 9.17) is 4.74 Å². The fraction of sp³-hybridized carbons (Fsp3) is 0.308. The third-order valence-corrected chi connectivity index (χ3v) is 7.23. The van der Waals surface area contributed by atoms with Crippen molar-refractivity contribution in [1.29, 1.82) is 0 Å². The van der Waals surface area contributed by atoms with Crippen molar-refractivity contribution in [2.75, 3.05) is 20.3 Å². The van der Waals surface area contributed by atoms with Crippen molar-refractivity contribution in [3.05, 3.63) is 90.5 Å². The SMILES string of the molecule is CCCN(Cc1cccc([S+](c2ccccc2)c2ccccc2)c1)C(C)COC. The van der Waals surface area contributed by atoms with E-state index in [1.807, 2.05) is 0 Å². The third-order valence-electron chi connectivity index (χ3n) is 5.02. The minimum atomic E-state index is -0.101. The highest BCUT2D eigenvalue weighted by atomic mass is 32.2. The van der Waals surface area contributed by atoms with Crippen LogP contribution in [0.2, 0.25) is 0 Å². The van der Waals surface area contributed by atoms with Crippen LogP contribution < -0.4 is 0 Å². The van der Waals surface area contributed by atoms with Crippen molar-refractivity contribution in [3.8, 4) is 0 Å². The molecule has 3 heteroatoms. The van der Waals surface area contributed by atoms with E-state index in [0.717, 1.165) is 26.1 Å². The van der Waals surface area contributed by atoms with Gasteiger partial charge in [-0.15, -0.1) is 0 Å². The fourth-order valence-electron chi connectivity index (χ4n) is 3.62. The molecule has 0 saturated heterocycles. The summed E-state index contributed by atoms with van der Waals surface area (Å²) in [5.74, 6) is 0. The van der Waals surface area contributed by atoms with Crippen LogP contribution in [0.3, 0.4) is 0 Å². The van der Waals surface area contributed by atoms with Crippen LogP contribution in [-0.2, 0) is 22.2 Å². The Labute approximate surface area is 178 Å². The Bertz CT molecular complexity index is 813. The zero-order chi connectivity index (χ0) is 20.5. The smallest absolute Gasteiger partial charge is 0.166 e. The first-order valence-corrected chi connectivity index (χ1v) is 11.6. The monoisotopic (exact) mass is 406 g/mol. The molecule has 0 bridgehead atoms. The number of methoxy groups -OCH3 is 1. The molecule has 2 nitrogen and oxygen atoms in total. The molecule has 29 heavy (non-hydrogen) atoms. The van der Waals surface area contributed by atoms with Crippen molar-refractivity contribution >= 4 is 10.9 Å². The van der Waals surface area contributed by atoms with Crippen molar-refractivity contribution in [2.45, 2.75) is 47.5 Å². The molecule has 0 radical (unpaired) electrons. The third kappa shape index (κ3) is 5.96. The van der Waals surface area contributed by atoms with Crippen LogP contribution in [0.4, 0.5) is 0 Å². The molecular formula is C26H32NOS+. The van der Waals surface area contributed by atoms with Gasteiger partial charge in [-0.1, -0.05) is 55.5 Å². The molecule has 3 aromatic carbocycles. The Morgan fingerprint density at radius 2 is 1.41 bits per heavy atom. The number of hydrogen-bond acceptors (Lipinski definition) is 2. The topological polar surface area (TPSA) is 12.5 Å². The molecule has 1 unspecified atom stereocenters. The lowest BCUT2D eigenvalue weighted by Crippen LogP contribution is -2.36. The van der Waals surface area contributed by atoms with Gasteiger partial charge in [0.15, 0.2) is 14.7 Å². The largest absolute Gasteiger partial charge is 0.383 e. The van der Waals surface area contributed by atoms with Gasteiger partial charge < -0.3 is 4.74 Å². The predicted octanol–water partition coefficient (Wildman–Crippen LogP) is 6.03. The maximum Gasteiger partial charge on any atom is 0.166 e. The van der Waals surface area contributed by atoms with Crippen LogP contribution in [0.25, 0.3) is 0 Å². The van der Waals surface area contributed by atoms with E-state index in [9.17, 15) is 0 Å². The Balaban J connectivity index is 1.92. The Kier molecular flexibility index (Phi) is 8.36. The van der Waals surface area contributed by atoms with Crippen molar-refractivity contribution < 1.29 is 4.74 Å².